The van der Waals surface area contributed by atoms with Crippen LogP contribution in [0, 0.1) is 5.92 Å². The fourth-order valence-electron chi connectivity index (χ4n) is 2.83. The number of carbonyl (C=O) groups is 1. The van der Waals surface area contributed by atoms with Crippen molar-refractivity contribution < 1.29 is 4.79 Å². The van der Waals surface area contributed by atoms with E-state index in [0.717, 1.165) is 43.5 Å². The molecule has 1 heterocycles. The molecule has 1 aromatic carbocycles. The van der Waals surface area contributed by atoms with Crippen LogP contribution in [-0.2, 0) is 11.3 Å². The Kier molecular flexibility index (Phi) is 6.06. The number of hydrogen-bond acceptors (Lipinski definition) is 3. The Morgan fingerprint density at radius 1 is 1.38 bits per heavy atom. The first-order valence-electron chi connectivity index (χ1n) is 7.61. The highest BCUT2D eigenvalue weighted by atomic mass is 79.9. The number of benzene rings is 1. The number of piperidine rings is 1. The molecule has 1 fully saturated rings. The predicted octanol–water partition coefficient (Wildman–Crippen LogP) is 2.52. The van der Waals surface area contributed by atoms with Gasteiger partial charge in [-0.15, -0.1) is 0 Å². The maximum atomic E-state index is 11.7. The second kappa shape index (κ2) is 7.80. The molecule has 1 aromatic rings. The molecule has 0 aromatic heterocycles. The van der Waals surface area contributed by atoms with E-state index in [2.05, 4.69) is 56.6 Å². The average Bonchev–Trinajstić information content (AvgIpc) is 2.53. The Bertz CT molecular complexity index is 484. The van der Waals surface area contributed by atoms with Gasteiger partial charge >= 0.3 is 0 Å². The van der Waals surface area contributed by atoms with E-state index >= 15 is 0 Å². The van der Waals surface area contributed by atoms with E-state index in [9.17, 15) is 4.79 Å². The summed E-state index contributed by atoms with van der Waals surface area (Å²) >= 11 is 3.57. The first-order chi connectivity index (χ1) is 10.2. The molecule has 5 heteroatoms. The summed E-state index contributed by atoms with van der Waals surface area (Å²) in [7, 11) is 1.72. The second-order valence-corrected chi connectivity index (χ2v) is 6.34. The van der Waals surface area contributed by atoms with Crippen molar-refractivity contribution in [1.82, 2.24) is 10.6 Å². The second-order valence-electron chi connectivity index (χ2n) is 5.43. The summed E-state index contributed by atoms with van der Waals surface area (Å²) in [6.45, 7) is 5.84. The molecule has 2 N–H and O–H groups in total. The van der Waals surface area contributed by atoms with E-state index in [0.29, 0.717) is 0 Å². The highest BCUT2D eigenvalue weighted by Crippen LogP contribution is 2.29. The predicted molar refractivity (Wildman–Crippen MR) is 90.5 cm³/mol. The largest absolute Gasteiger partial charge is 0.371 e. The number of hydrogen-bond donors (Lipinski definition) is 2. The third-order valence-electron chi connectivity index (χ3n) is 4.07. The van der Waals surface area contributed by atoms with Crippen LogP contribution >= 0.6 is 15.9 Å². The van der Waals surface area contributed by atoms with Gasteiger partial charge in [0.1, 0.15) is 0 Å². The van der Waals surface area contributed by atoms with E-state index in [1.54, 1.807) is 7.05 Å². The van der Waals surface area contributed by atoms with E-state index in [1.807, 2.05) is 0 Å². The number of anilines is 1. The summed E-state index contributed by atoms with van der Waals surface area (Å²) in [5, 5.41) is 6.16. The molecule has 0 spiro atoms. The van der Waals surface area contributed by atoms with Crippen molar-refractivity contribution in [3.05, 3.63) is 28.2 Å². The smallest absolute Gasteiger partial charge is 0.222 e. The zero-order valence-electron chi connectivity index (χ0n) is 12.8. The topological polar surface area (TPSA) is 44.4 Å². The Morgan fingerprint density at radius 3 is 2.71 bits per heavy atom. The molecule has 4 nitrogen and oxygen atoms in total. The lowest BCUT2D eigenvalue weighted by Crippen LogP contribution is -2.40. The fourth-order valence-corrected chi connectivity index (χ4v) is 3.18. The Morgan fingerprint density at radius 2 is 2.10 bits per heavy atom. The summed E-state index contributed by atoms with van der Waals surface area (Å²) in [4.78, 5) is 14.1. The van der Waals surface area contributed by atoms with Gasteiger partial charge in [0, 0.05) is 42.8 Å². The average molecular weight is 354 g/mol. The molecule has 0 bridgehead atoms. The lowest BCUT2D eigenvalue weighted by Gasteiger charge is -2.34. The van der Waals surface area contributed by atoms with Crippen molar-refractivity contribution in [3.63, 3.8) is 0 Å². The first kappa shape index (κ1) is 16.3. The molecule has 1 aliphatic rings. The molecule has 0 radical (unpaired) electrons. The van der Waals surface area contributed by atoms with Gasteiger partial charge in [-0.2, -0.15) is 0 Å². The molecule has 0 saturated carbocycles. The number of nitrogens with zero attached hydrogens (tertiary/aromatic N) is 1. The summed E-state index contributed by atoms with van der Waals surface area (Å²) in [5.74, 6) is 0.340. The van der Waals surface area contributed by atoms with Crippen LogP contribution in [0.15, 0.2) is 22.7 Å². The Labute approximate surface area is 135 Å². The van der Waals surface area contributed by atoms with Crippen molar-refractivity contribution in [2.24, 2.45) is 5.92 Å². The minimum absolute atomic E-state index is 0.163. The summed E-state index contributed by atoms with van der Waals surface area (Å²) in [6, 6.07) is 6.45. The van der Waals surface area contributed by atoms with Crippen LogP contribution in [-0.4, -0.2) is 32.6 Å². The molecule has 1 saturated heterocycles. The fraction of sp³-hybridized carbons (Fsp3) is 0.562. The van der Waals surface area contributed by atoms with Crippen LogP contribution in [0.1, 0.15) is 25.3 Å². The van der Waals surface area contributed by atoms with Gasteiger partial charge in [0.05, 0.1) is 0 Å². The highest BCUT2D eigenvalue weighted by Gasteiger charge is 2.25. The third kappa shape index (κ3) is 4.20. The van der Waals surface area contributed by atoms with Gasteiger partial charge < -0.3 is 15.5 Å². The summed E-state index contributed by atoms with van der Waals surface area (Å²) in [6.07, 6.45) is 1.85. The minimum Gasteiger partial charge on any atom is -0.371 e. The monoisotopic (exact) mass is 353 g/mol. The Balaban J connectivity index is 2.08. The van der Waals surface area contributed by atoms with Gasteiger partial charge in [-0.1, -0.05) is 28.9 Å². The van der Waals surface area contributed by atoms with Gasteiger partial charge in [0.25, 0.3) is 0 Å². The van der Waals surface area contributed by atoms with Gasteiger partial charge in [-0.25, -0.2) is 0 Å². The lowest BCUT2D eigenvalue weighted by molar-refractivity contribution is -0.125. The maximum absolute atomic E-state index is 11.7. The van der Waals surface area contributed by atoms with Gasteiger partial charge in [0.15, 0.2) is 0 Å². The zero-order chi connectivity index (χ0) is 15.2. The third-order valence-corrected chi connectivity index (χ3v) is 4.56. The molecule has 0 atom stereocenters. The maximum Gasteiger partial charge on any atom is 0.222 e. The molecule has 21 heavy (non-hydrogen) atoms. The van der Waals surface area contributed by atoms with E-state index in [1.165, 1.54) is 11.3 Å². The van der Waals surface area contributed by atoms with Crippen molar-refractivity contribution in [3.8, 4) is 0 Å². The van der Waals surface area contributed by atoms with E-state index in [-0.39, 0.29) is 11.8 Å². The van der Waals surface area contributed by atoms with Crippen molar-refractivity contribution in [2.75, 3.05) is 31.6 Å². The van der Waals surface area contributed by atoms with Gasteiger partial charge in [-0.05, 0) is 37.1 Å². The zero-order valence-corrected chi connectivity index (χ0v) is 14.4. The normalized spacial score (nSPS) is 16.0. The minimum atomic E-state index is 0.163. The number of rotatable bonds is 5. The molecule has 116 valence electrons. The van der Waals surface area contributed by atoms with E-state index < -0.39 is 0 Å². The molecule has 0 unspecified atom stereocenters. The molecule has 1 aliphatic heterocycles. The standard InChI is InChI=1S/C16H24BrN3O/c1-3-19-11-13-4-5-14(17)10-15(13)20-8-6-12(7-9-20)16(21)18-2/h4-5,10,12,19H,3,6-9,11H2,1-2H3,(H,18,21). The summed E-state index contributed by atoms with van der Waals surface area (Å²) in [5.41, 5.74) is 2.60. The van der Waals surface area contributed by atoms with Crippen LogP contribution in [0.4, 0.5) is 5.69 Å². The van der Waals surface area contributed by atoms with Crippen LogP contribution < -0.4 is 15.5 Å². The molecular weight excluding hydrogens is 330 g/mol. The molecule has 2 rings (SSSR count). The van der Waals surface area contributed by atoms with Crippen LogP contribution in [0.5, 0.6) is 0 Å². The SMILES string of the molecule is CCNCc1ccc(Br)cc1N1CCC(C(=O)NC)CC1. The van der Waals surface area contributed by atoms with Crippen LogP contribution in [0.2, 0.25) is 0 Å². The van der Waals surface area contributed by atoms with Crippen molar-refractivity contribution >= 4 is 27.5 Å². The Hall–Kier alpha value is -1.07. The summed E-state index contributed by atoms with van der Waals surface area (Å²) < 4.78 is 1.10. The van der Waals surface area contributed by atoms with Crippen molar-refractivity contribution in [2.45, 2.75) is 26.3 Å². The quantitative estimate of drug-likeness (QED) is 0.854. The van der Waals surface area contributed by atoms with Crippen LogP contribution in [0.3, 0.4) is 0 Å². The highest BCUT2D eigenvalue weighted by molar-refractivity contribution is 9.10. The molecular formula is C16H24BrN3O. The number of carbonyl (C=O) groups excluding carboxylic acids is 1. The van der Waals surface area contributed by atoms with Gasteiger partial charge in [0.2, 0.25) is 5.91 Å². The first-order valence-corrected chi connectivity index (χ1v) is 8.40. The number of nitrogens with one attached hydrogen (secondary N) is 2. The van der Waals surface area contributed by atoms with Gasteiger partial charge in [-0.3, -0.25) is 4.79 Å². The van der Waals surface area contributed by atoms with Crippen molar-refractivity contribution in [1.29, 1.82) is 0 Å². The van der Waals surface area contributed by atoms with Crippen LogP contribution in [0.25, 0.3) is 0 Å². The number of halogens is 1. The molecule has 1 amide bonds. The number of amides is 1. The van der Waals surface area contributed by atoms with E-state index in [4.69, 9.17) is 0 Å². The molecule has 0 aliphatic carbocycles. The lowest BCUT2D eigenvalue weighted by atomic mass is 9.95.